The molecule has 1 aliphatic heterocycles. The number of hydrogen-bond donors (Lipinski definition) is 0. The van der Waals surface area contributed by atoms with Gasteiger partial charge in [-0.25, -0.2) is 22.2 Å². The average molecular weight is 493 g/mol. The maximum absolute atomic E-state index is 13.4. The molecule has 0 bridgehead atoms. The minimum atomic E-state index is -3.80. The number of nitrogens with zero attached hydrogens (tertiary/aromatic N) is 4. The molecular weight excluding hydrogens is 470 g/mol. The Morgan fingerprint density at radius 3 is 2.21 bits per heavy atom. The quantitative estimate of drug-likeness (QED) is 0.511. The molecule has 1 aromatic heterocycles. The summed E-state index contributed by atoms with van der Waals surface area (Å²) in [5.41, 5.74) is 0.928. The van der Waals surface area contributed by atoms with E-state index in [1.807, 2.05) is 6.26 Å². The third-order valence-corrected chi connectivity index (χ3v) is 7.98. The van der Waals surface area contributed by atoms with Crippen LogP contribution in [0.15, 0.2) is 64.8 Å². The lowest BCUT2D eigenvalue weighted by molar-refractivity contribution is 0.0755. The van der Waals surface area contributed by atoms with Crippen molar-refractivity contribution < 1.29 is 22.0 Å². The summed E-state index contributed by atoms with van der Waals surface area (Å²) in [7, 11) is -3.80. The number of imidazole rings is 1. The molecule has 1 saturated heterocycles. The van der Waals surface area contributed by atoms with Crippen molar-refractivity contribution in [2.45, 2.75) is 16.5 Å². The van der Waals surface area contributed by atoms with E-state index in [-0.39, 0.29) is 36.3 Å². The number of amides is 1. The molecule has 11 heteroatoms. The van der Waals surface area contributed by atoms with Crippen molar-refractivity contribution in [3.8, 4) is 5.69 Å². The van der Waals surface area contributed by atoms with Gasteiger partial charge in [-0.2, -0.15) is 4.31 Å². The Morgan fingerprint density at radius 2 is 1.58 bits per heavy atom. The first-order chi connectivity index (χ1) is 15.8. The summed E-state index contributed by atoms with van der Waals surface area (Å²) in [6.45, 7) is 0.933. The van der Waals surface area contributed by atoms with Gasteiger partial charge in [-0.05, 0) is 61.2 Å². The van der Waals surface area contributed by atoms with E-state index in [0.717, 1.165) is 12.1 Å². The second kappa shape index (κ2) is 9.62. The van der Waals surface area contributed by atoms with Crippen molar-refractivity contribution in [3.05, 3.63) is 72.1 Å². The lowest BCUT2D eigenvalue weighted by Crippen LogP contribution is -2.38. The van der Waals surface area contributed by atoms with Gasteiger partial charge in [0.15, 0.2) is 5.16 Å². The highest BCUT2D eigenvalue weighted by Gasteiger charge is 2.30. The fourth-order valence-electron chi connectivity index (χ4n) is 3.72. The number of sulfonamides is 1. The van der Waals surface area contributed by atoms with Gasteiger partial charge in [0, 0.05) is 31.9 Å². The topological polar surface area (TPSA) is 75.5 Å². The van der Waals surface area contributed by atoms with Crippen molar-refractivity contribution in [2.75, 3.05) is 32.4 Å². The number of carbonyl (C=O) groups excluding carboxylic acids is 1. The number of aromatic nitrogens is 2. The second-order valence-corrected chi connectivity index (χ2v) is 10.2. The zero-order valence-corrected chi connectivity index (χ0v) is 19.5. The smallest absolute Gasteiger partial charge is 0.272 e. The highest BCUT2D eigenvalue weighted by molar-refractivity contribution is 7.98. The summed E-state index contributed by atoms with van der Waals surface area (Å²) < 4.78 is 55.5. The van der Waals surface area contributed by atoms with Crippen molar-refractivity contribution >= 4 is 27.7 Å². The maximum atomic E-state index is 13.4. The van der Waals surface area contributed by atoms with Crippen LogP contribution >= 0.6 is 11.8 Å². The molecule has 0 unspecified atom stereocenters. The van der Waals surface area contributed by atoms with Crippen LogP contribution in [-0.4, -0.2) is 65.5 Å². The fourth-order valence-corrected chi connectivity index (χ4v) is 5.74. The van der Waals surface area contributed by atoms with Gasteiger partial charge < -0.3 is 4.90 Å². The van der Waals surface area contributed by atoms with Gasteiger partial charge in [0.2, 0.25) is 10.0 Å². The molecule has 7 nitrogen and oxygen atoms in total. The summed E-state index contributed by atoms with van der Waals surface area (Å²) in [4.78, 5) is 19.3. The van der Waals surface area contributed by atoms with Crippen LogP contribution in [0.25, 0.3) is 5.69 Å². The van der Waals surface area contributed by atoms with Gasteiger partial charge in [-0.3, -0.25) is 9.36 Å². The van der Waals surface area contributed by atoms with Crippen LogP contribution in [0.3, 0.4) is 0 Å². The molecule has 2 heterocycles. The van der Waals surface area contributed by atoms with E-state index in [2.05, 4.69) is 4.98 Å². The van der Waals surface area contributed by atoms with Crippen LogP contribution < -0.4 is 0 Å². The Kier molecular flexibility index (Phi) is 6.82. The van der Waals surface area contributed by atoms with Crippen LogP contribution in [0.2, 0.25) is 0 Å². The van der Waals surface area contributed by atoms with Crippen LogP contribution in [0, 0.1) is 11.6 Å². The SMILES string of the molecule is CSc1ncc(C(=O)N2CCCN(S(=O)(=O)c3ccc(F)cc3)CC2)n1-c1ccc(F)cc1. The molecular formula is C22H22F2N4O3S2. The number of benzene rings is 2. The van der Waals surface area contributed by atoms with Crippen molar-refractivity contribution in [1.29, 1.82) is 0 Å². The molecule has 0 atom stereocenters. The summed E-state index contributed by atoms with van der Waals surface area (Å²) in [5.74, 6) is -1.18. The van der Waals surface area contributed by atoms with Gasteiger partial charge in [0.05, 0.1) is 11.1 Å². The maximum Gasteiger partial charge on any atom is 0.272 e. The first kappa shape index (κ1) is 23.4. The zero-order valence-electron chi connectivity index (χ0n) is 17.8. The molecule has 1 amide bonds. The average Bonchev–Trinajstić information content (AvgIpc) is 3.07. The van der Waals surface area contributed by atoms with Crippen LogP contribution in [-0.2, 0) is 10.0 Å². The minimum Gasteiger partial charge on any atom is -0.336 e. The van der Waals surface area contributed by atoms with Crippen LogP contribution in [0.1, 0.15) is 16.9 Å². The first-order valence-corrected chi connectivity index (χ1v) is 12.9. The van der Waals surface area contributed by atoms with Crippen LogP contribution in [0.4, 0.5) is 8.78 Å². The summed E-state index contributed by atoms with van der Waals surface area (Å²) in [6, 6.07) is 10.5. The summed E-state index contributed by atoms with van der Waals surface area (Å²) in [5, 5.41) is 0.584. The molecule has 1 aliphatic rings. The van der Waals surface area contributed by atoms with E-state index in [1.54, 1.807) is 21.6 Å². The number of thioether (sulfide) groups is 1. The Bertz CT molecular complexity index is 1250. The van der Waals surface area contributed by atoms with Crippen molar-refractivity contribution in [3.63, 3.8) is 0 Å². The highest BCUT2D eigenvalue weighted by atomic mass is 32.2. The number of rotatable bonds is 5. The van der Waals surface area contributed by atoms with Crippen molar-refractivity contribution in [2.24, 2.45) is 0 Å². The van der Waals surface area contributed by atoms with E-state index in [4.69, 9.17) is 0 Å². The Labute approximate surface area is 195 Å². The van der Waals surface area contributed by atoms with Gasteiger partial charge in [-0.1, -0.05) is 11.8 Å². The predicted octanol–water partition coefficient (Wildman–Crippen LogP) is 3.41. The van der Waals surface area contributed by atoms with Crippen LogP contribution in [0.5, 0.6) is 0 Å². The predicted molar refractivity (Wildman–Crippen MR) is 121 cm³/mol. The summed E-state index contributed by atoms with van der Waals surface area (Å²) in [6.07, 6.45) is 3.77. The Hall–Kier alpha value is -2.76. The number of carbonyl (C=O) groups is 1. The Balaban J connectivity index is 1.56. The third kappa shape index (κ3) is 4.80. The molecule has 0 aliphatic carbocycles. The van der Waals surface area contributed by atoms with Gasteiger partial charge in [0.1, 0.15) is 17.3 Å². The standard InChI is InChI=1S/C22H22F2N4O3S2/c1-32-22-25-15-20(28(22)18-7-3-16(23)4-8-18)21(29)26-11-2-12-27(14-13-26)33(30,31)19-9-5-17(24)6-10-19/h3-10,15H,2,11-14H2,1H3. The Morgan fingerprint density at radius 1 is 0.939 bits per heavy atom. The third-order valence-electron chi connectivity index (χ3n) is 5.41. The molecule has 3 aromatic rings. The second-order valence-electron chi connectivity index (χ2n) is 7.45. The summed E-state index contributed by atoms with van der Waals surface area (Å²) >= 11 is 1.36. The minimum absolute atomic E-state index is 0.0164. The molecule has 33 heavy (non-hydrogen) atoms. The molecule has 0 N–H and O–H groups in total. The molecule has 2 aromatic carbocycles. The fraction of sp³-hybridized carbons (Fsp3) is 0.273. The van der Waals surface area contributed by atoms with E-state index in [9.17, 15) is 22.0 Å². The van der Waals surface area contributed by atoms with E-state index in [1.165, 1.54) is 46.5 Å². The molecule has 0 radical (unpaired) electrons. The first-order valence-electron chi connectivity index (χ1n) is 10.2. The van der Waals surface area contributed by atoms with Gasteiger partial charge >= 0.3 is 0 Å². The monoisotopic (exact) mass is 492 g/mol. The molecule has 0 saturated carbocycles. The van der Waals surface area contributed by atoms with E-state index >= 15 is 0 Å². The van der Waals surface area contributed by atoms with E-state index in [0.29, 0.717) is 29.5 Å². The molecule has 174 valence electrons. The van der Waals surface area contributed by atoms with E-state index < -0.39 is 15.8 Å². The zero-order chi connectivity index (χ0) is 23.6. The number of hydrogen-bond acceptors (Lipinski definition) is 5. The largest absolute Gasteiger partial charge is 0.336 e. The lowest BCUT2D eigenvalue weighted by atomic mass is 10.3. The molecule has 0 spiro atoms. The molecule has 4 rings (SSSR count). The highest BCUT2D eigenvalue weighted by Crippen LogP contribution is 2.24. The van der Waals surface area contributed by atoms with Gasteiger partial charge in [-0.15, -0.1) is 0 Å². The normalized spacial score (nSPS) is 15.4. The molecule has 1 fully saturated rings. The van der Waals surface area contributed by atoms with Crippen molar-refractivity contribution in [1.82, 2.24) is 18.8 Å². The van der Waals surface area contributed by atoms with Gasteiger partial charge in [0.25, 0.3) is 5.91 Å². The number of halogens is 2. The lowest BCUT2D eigenvalue weighted by Gasteiger charge is -2.22.